The zero-order valence-electron chi connectivity index (χ0n) is 11.6. The van der Waals surface area contributed by atoms with Gasteiger partial charge in [0.15, 0.2) is 6.10 Å². The second kappa shape index (κ2) is 6.74. The summed E-state index contributed by atoms with van der Waals surface area (Å²) in [6.45, 7) is 3.33. The van der Waals surface area contributed by atoms with Crippen molar-refractivity contribution in [3.8, 4) is 0 Å². The van der Waals surface area contributed by atoms with E-state index in [1.54, 1.807) is 42.6 Å². The Morgan fingerprint density at radius 2 is 2.05 bits per heavy atom. The summed E-state index contributed by atoms with van der Waals surface area (Å²) in [6.07, 6.45) is -0.891. The standard InChI is InChI=1S/C15H14ClNO3S/c1-9-11(16)5-3-6-12(9)17-14(18)10(2)20-15(19)13-7-4-8-21-13/h3-8,10H,1-2H3,(H,17,18)/t10-/m0/s1. The number of thiophene rings is 1. The first-order valence-electron chi connectivity index (χ1n) is 6.29. The van der Waals surface area contributed by atoms with Gasteiger partial charge in [-0.2, -0.15) is 0 Å². The van der Waals surface area contributed by atoms with Crippen LogP contribution in [0.15, 0.2) is 35.7 Å². The number of rotatable bonds is 4. The van der Waals surface area contributed by atoms with Crippen molar-refractivity contribution in [1.29, 1.82) is 0 Å². The molecule has 1 heterocycles. The fourth-order valence-corrected chi connectivity index (χ4v) is 2.42. The average molecular weight is 324 g/mol. The van der Waals surface area contributed by atoms with Gasteiger partial charge >= 0.3 is 5.97 Å². The van der Waals surface area contributed by atoms with Gasteiger partial charge < -0.3 is 10.1 Å². The van der Waals surface area contributed by atoms with Crippen LogP contribution in [0.3, 0.4) is 0 Å². The van der Waals surface area contributed by atoms with Gasteiger partial charge in [0.25, 0.3) is 5.91 Å². The van der Waals surface area contributed by atoms with Crippen LogP contribution in [0.1, 0.15) is 22.2 Å². The van der Waals surface area contributed by atoms with Crippen molar-refractivity contribution in [2.24, 2.45) is 0 Å². The summed E-state index contributed by atoms with van der Waals surface area (Å²) < 4.78 is 5.13. The van der Waals surface area contributed by atoms with Gasteiger partial charge in [-0.05, 0) is 43.0 Å². The molecule has 0 aliphatic rings. The van der Waals surface area contributed by atoms with Crippen LogP contribution in [0.25, 0.3) is 0 Å². The number of carbonyl (C=O) groups is 2. The van der Waals surface area contributed by atoms with Crippen molar-refractivity contribution in [3.05, 3.63) is 51.2 Å². The molecule has 110 valence electrons. The Bertz CT molecular complexity index is 655. The smallest absolute Gasteiger partial charge is 0.349 e. The lowest BCUT2D eigenvalue weighted by atomic mass is 10.2. The summed E-state index contributed by atoms with van der Waals surface area (Å²) in [6, 6.07) is 8.63. The van der Waals surface area contributed by atoms with E-state index in [-0.39, 0.29) is 0 Å². The highest BCUT2D eigenvalue weighted by Crippen LogP contribution is 2.23. The van der Waals surface area contributed by atoms with Crippen LogP contribution in [0.2, 0.25) is 5.02 Å². The second-order valence-corrected chi connectivity index (χ2v) is 5.78. The van der Waals surface area contributed by atoms with Gasteiger partial charge in [-0.3, -0.25) is 4.79 Å². The van der Waals surface area contributed by atoms with Crippen LogP contribution in [-0.4, -0.2) is 18.0 Å². The first kappa shape index (κ1) is 15.5. The van der Waals surface area contributed by atoms with Crippen LogP contribution in [-0.2, 0) is 9.53 Å². The number of carbonyl (C=O) groups excluding carboxylic acids is 2. The van der Waals surface area contributed by atoms with Crippen molar-refractivity contribution in [3.63, 3.8) is 0 Å². The lowest BCUT2D eigenvalue weighted by Crippen LogP contribution is -2.30. The summed E-state index contributed by atoms with van der Waals surface area (Å²) in [5.74, 6) is -0.902. The number of hydrogen-bond acceptors (Lipinski definition) is 4. The van der Waals surface area contributed by atoms with Crippen molar-refractivity contribution in [1.82, 2.24) is 0 Å². The summed E-state index contributed by atoms with van der Waals surface area (Å²) in [7, 11) is 0. The van der Waals surface area contributed by atoms with Gasteiger partial charge in [-0.25, -0.2) is 4.79 Å². The number of nitrogens with one attached hydrogen (secondary N) is 1. The zero-order valence-corrected chi connectivity index (χ0v) is 13.1. The highest BCUT2D eigenvalue weighted by Gasteiger charge is 2.20. The maximum atomic E-state index is 12.1. The molecule has 0 aliphatic carbocycles. The number of amides is 1. The van der Waals surface area contributed by atoms with Crippen LogP contribution < -0.4 is 5.32 Å². The van der Waals surface area contributed by atoms with E-state index < -0.39 is 18.0 Å². The van der Waals surface area contributed by atoms with Gasteiger partial charge in [-0.1, -0.05) is 23.7 Å². The molecular formula is C15H14ClNO3S. The minimum atomic E-state index is -0.891. The van der Waals surface area contributed by atoms with Crippen molar-refractivity contribution in [2.45, 2.75) is 20.0 Å². The van der Waals surface area contributed by atoms with Crippen LogP contribution >= 0.6 is 22.9 Å². The van der Waals surface area contributed by atoms with Crippen molar-refractivity contribution < 1.29 is 14.3 Å². The van der Waals surface area contributed by atoms with E-state index in [0.717, 1.165) is 5.56 Å². The molecule has 0 spiro atoms. The van der Waals surface area contributed by atoms with Crippen molar-refractivity contribution in [2.75, 3.05) is 5.32 Å². The number of anilines is 1. The molecule has 1 aromatic carbocycles. The Morgan fingerprint density at radius 1 is 1.29 bits per heavy atom. The molecule has 0 radical (unpaired) electrons. The Morgan fingerprint density at radius 3 is 2.71 bits per heavy atom. The fraction of sp³-hybridized carbons (Fsp3) is 0.200. The predicted molar refractivity (Wildman–Crippen MR) is 84.0 cm³/mol. The van der Waals surface area contributed by atoms with E-state index >= 15 is 0 Å². The normalized spacial score (nSPS) is 11.8. The van der Waals surface area contributed by atoms with Crippen LogP contribution in [0.5, 0.6) is 0 Å². The maximum absolute atomic E-state index is 12.1. The quantitative estimate of drug-likeness (QED) is 0.868. The SMILES string of the molecule is Cc1c(Cl)cccc1NC(=O)[C@H](C)OC(=O)c1cccs1. The Labute approximate surface area is 131 Å². The topological polar surface area (TPSA) is 55.4 Å². The van der Waals surface area contributed by atoms with E-state index in [4.69, 9.17) is 16.3 Å². The van der Waals surface area contributed by atoms with E-state index in [2.05, 4.69) is 5.32 Å². The highest BCUT2D eigenvalue weighted by molar-refractivity contribution is 7.11. The zero-order chi connectivity index (χ0) is 15.4. The number of esters is 1. The lowest BCUT2D eigenvalue weighted by Gasteiger charge is -2.14. The Hall–Kier alpha value is -1.85. The molecule has 21 heavy (non-hydrogen) atoms. The predicted octanol–water partition coefficient (Wildman–Crippen LogP) is 3.89. The minimum Gasteiger partial charge on any atom is -0.448 e. The monoisotopic (exact) mass is 323 g/mol. The second-order valence-electron chi connectivity index (χ2n) is 4.43. The molecule has 0 unspecified atom stereocenters. The average Bonchev–Trinajstić information content (AvgIpc) is 2.98. The molecule has 0 aliphatic heterocycles. The molecule has 2 rings (SSSR count). The number of hydrogen-bond donors (Lipinski definition) is 1. The van der Waals surface area contributed by atoms with E-state index in [1.807, 2.05) is 0 Å². The third-order valence-corrected chi connectivity index (χ3v) is 4.16. The van der Waals surface area contributed by atoms with Crippen LogP contribution in [0, 0.1) is 6.92 Å². The van der Waals surface area contributed by atoms with Crippen molar-refractivity contribution >= 4 is 40.5 Å². The van der Waals surface area contributed by atoms with Crippen LogP contribution in [0.4, 0.5) is 5.69 Å². The van der Waals surface area contributed by atoms with Gasteiger partial charge in [-0.15, -0.1) is 11.3 Å². The molecule has 4 nitrogen and oxygen atoms in total. The molecule has 2 aromatic rings. The molecule has 0 saturated heterocycles. The Balaban J connectivity index is 2.00. The molecule has 6 heteroatoms. The fourth-order valence-electron chi connectivity index (χ4n) is 1.64. The number of benzene rings is 1. The third-order valence-electron chi connectivity index (χ3n) is 2.90. The molecule has 1 N–H and O–H groups in total. The third kappa shape index (κ3) is 3.83. The molecule has 1 atom stereocenters. The van der Waals surface area contributed by atoms with E-state index in [9.17, 15) is 9.59 Å². The molecule has 1 aromatic heterocycles. The van der Waals surface area contributed by atoms with Gasteiger partial charge in [0.2, 0.25) is 0 Å². The maximum Gasteiger partial charge on any atom is 0.349 e. The lowest BCUT2D eigenvalue weighted by molar-refractivity contribution is -0.123. The minimum absolute atomic E-state index is 0.398. The van der Waals surface area contributed by atoms with Gasteiger partial charge in [0.05, 0.1) is 0 Å². The first-order valence-corrected chi connectivity index (χ1v) is 7.55. The first-order chi connectivity index (χ1) is 9.99. The summed E-state index contributed by atoms with van der Waals surface area (Å²) in [4.78, 5) is 24.3. The molecule has 0 bridgehead atoms. The largest absolute Gasteiger partial charge is 0.448 e. The molecule has 1 amide bonds. The molecular weight excluding hydrogens is 310 g/mol. The molecule has 0 saturated carbocycles. The summed E-state index contributed by atoms with van der Waals surface area (Å²) in [5.41, 5.74) is 1.37. The van der Waals surface area contributed by atoms with Gasteiger partial charge in [0.1, 0.15) is 4.88 Å². The molecule has 0 fully saturated rings. The van der Waals surface area contributed by atoms with E-state index in [0.29, 0.717) is 15.6 Å². The highest BCUT2D eigenvalue weighted by atomic mass is 35.5. The summed E-state index contributed by atoms with van der Waals surface area (Å²) in [5, 5.41) is 5.04. The number of halogens is 1. The van der Waals surface area contributed by atoms with E-state index in [1.165, 1.54) is 18.3 Å². The number of ether oxygens (including phenoxy) is 1. The van der Waals surface area contributed by atoms with Gasteiger partial charge in [0, 0.05) is 10.7 Å². The summed E-state index contributed by atoms with van der Waals surface area (Å²) >= 11 is 7.26. The Kier molecular flexibility index (Phi) is 4.98.